The quantitative estimate of drug-likeness (QED) is 0.0754. The molecule has 0 radical (unpaired) electrons. The summed E-state index contributed by atoms with van der Waals surface area (Å²) < 4.78 is 4.78. The van der Waals surface area contributed by atoms with E-state index in [0.29, 0.717) is 18.9 Å². The molecule has 0 bridgehead atoms. The lowest BCUT2D eigenvalue weighted by atomic mass is 10.0. The zero-order valence-electron chi connectivity index (χ0n) is 35.5. The van der Waals surface area contributed by atoms with Gasteiger partial charge in [0.05, 0.1) is 41.3 Å². The van der Waals surface area contributed by atoms with E-state index in [2.05, 4.69) is 67.0 Å². The smallest absolute Gasteiger partial charge is 0.407 e. The molecule has 4 aromatic heterocycles. The maximum atomic E-state index is 13.7. The van der Waals surface area contributed by atoms with Crippen molar-refractivity contribution in [2.75, 3.05) is 26.8 Å². The number of carbonyl (C=O) groups is 4. The Bertz CT molecular complexity index is 2610. The number of amides is 4. The number of aliphatic hydroxyl groups is 1. The molecule has 6 heterocycles. The van der Waals surface area contributed by atoms with Gasteiger partial charge in [-0.15, -0.1) is 0 Å². The van der Waals surface area contributed by atoms with Crippen molar-refractivity contribution < 1.29 is 29.0 Å². The van der Waals surface area contributed by atoms with Gasteiger partial charge in [0.1, 0.15) is 30.3 Å². The van der Waals surface area contributed by atoms with Gasteiger partial charge in [-0.25, -0.2) is 14.8 Å². The van der Waals surface area contributed by atoms with Crippen LogP contribution in [0, 0.1) is 11.8 Å². The third-order valence-electron chi connectivity index (χ3n) is 12.5. The van der Waals surface area contributed by atoms with Crippen molar-refractivity contribution in [3.63, 3.8) is 0 Å². The van der Waals surface area contributed by atoms with Gasteiger partial charge in [-0.3, -0.25) is 14.4 Å². The molecule has 2 aliphatic heterocycles. The number of nitrogens with one attached hydrogen (secondary N) is 6. The van der Waals surface area contributed by atoms with Crippen molar-refractivity contribution in [2.24, 2.45) is 11.8 Å². The predicted molar refractivity (Wildman–Crippen MR) is 236 cm³/mol. The summed E-state index contributed by atoms with van der Waals surface area (Å²) in [5, 5.41) is 16.8. The number of aliphatic hydroxyl groups excluding tert-OH is 1. The Morgan fingerprint density at radius 3 is 1.61 bits per heavy atom. The molecule has 3 aromatic carbocycles. The van der Waals surface area contributed by atoms with E-state index in [1.807, 2.05) is 56.9 Å². The Morgan fingerprint density at radius 2 is 1.16 bits per heavy atom. The molecule has 4 atom stereocenters. The van der Waals surface area contributed by atoms with Crippen LogP contribution in [-0.2, 0) is 19.1 Å². The maximum Gasteiger partial charge on any atom is 0.407 e. The lowest BCUT2D eigenvalue weighted by Crippen LogP contribution is -2.51. The first-order valence-electron chi connectivity index (χ1n) is 21.4. The molecule has 2 fully saturated rings. The van der Waals surface area contributed by atoms with Crippen LogP contribution in [0.25, 0.3) is 66.4 Å². The van der Waals surface area contributed by atoms with Gasteiger partial charge in [0, 0.05) is 57.4 Å². The van der Waals surface area contributed by atoms with Crippen LogP contribution >= 0.6 is 0 Å². The van der Waals surface area contributed by atoms with E-state index < -0.39 is 30.7 Å². The highest BCUT2D eigenvalue weighted by atomic mass is 16.5. The van der Waals surface area contributed by atoms with E-state index in [1.54, 1.807) is 4.90 Å². The number of alkyl carbamates (subject to hydrolysis) is 1. The average Bonchev–Trinajstić information content (AvgIpc) is 4.12. The van der Waals surface area contributed by atoms with Crippen LogP contribution in [-0.4, -0.2) is 108 Å². The largest absolute Gasteiger partial charge is 0.453 e. The lowest BCUT2D eigenvalue weighted by molar-refractivity contribution is -0.139. The summed E-state index contributed by atoms with van der Waals surface area (Å²) in [6.45, 7) is 8.06. The van der Waals surface area contributed by atoms with Crippen molar-refractivity contribution in [2.45, 2.75) is 77.5 Å². The van der Waals surface area contributed by atoms with Crippen molar-refractivity contribution >= 4 is 67.7 Å². The number of nitrogens with zero attached hydrogens (tertiary/aromatic N) is 4. The fraction of sp³-hybridized carbons (Fsp3) is 0.391. The second-order valence-corrected chi connectivity index (χ2v) is 17.3. The van der Waals surface area contributed by atoms with Gasteiger partial charge in [0.15, 0.2) is 0 Å². The molecule has 7 N–H and O–H groups in total. The second kappa shape index (κ2) is 16.3. The first-order chi connectivity index (χ1) is 29.9. The Labute approximate surface area is 357 Å². The number of imidazole rings is 2. The first kappa shape index (κ1) is 40.7. The summed E-state index contributed by atoms with van der Waals surface area (Å²) in [7, 11) is 1.29. The number of fused-ring (bicyclic) bond motifs is 4. The molecule has 2 aliphatic rings. The van der Waals surface area contributed by atoms with Crippen LogP contribution in [0.15, 0.2) is 60.7 Å². The molecule has 16 nitrogen and oxygen atoms in total. The van der Waals surface area contributed by atoms with Gasteiger partial charge < -0.3 is 50.2 Å². The molecule has 16 heteroatoms. The Morgan fingerprint density at radius 1 is 0.677 bits per heavy atom. The Balaban J connectivity index is 0.929. The molecule has 62 heavy (non-hydrogen) atoms. The van der Waals surface area contributed by atoms with Gasteiger partial charge in [0.2, 0.25) is 17.7 Å². The molecular weight excluding hydrogens is 789 g/mol. The number of likely N-dealkylation sites (tertiary alicyclic amines) is 2. The van der Waals surface area contributed by atoms with E-state index in [0.717, 1.165) is 97.9 Å². The molecule has 2 unspecified atom stereocenters. The number of methoxy groups -OCH3 is 1. The highest BCUT2D eigenvalue weighted by Crippen LogP contribution is 2.37. The normalized spacial score (nSPS) is 17.9. The molecule has 7 aromatic rings. The SMILES string of the molecule is COC(=O)N[C@@H](C(=O)N1CCCC1c1nc2ccc(-c3cc4cc5cc(-c6ccc7nc(C8CCCN8C(=O)[C@@H](NC(=O)CO)C(C)C)[nH]c7c6)[nH]c5cc4[nH]3)cc2[nH]1)C(C)C. The minimum Gasteiger partial charge on any atom is -0.453 e. The van der Waals surface area contributed by atoms with E-state index >= 15 is 0 Å². The van der Waals surface area contributed by atoms with E-state index in [9.17, 15) is 24.3 Å². The van der Waals surface area contributed by atoms with Crippen molar-refractivity contribution in [1.82, 2.24) is 50.3 Å². The lowest BCUT2D eigenvalue weighted by Gasteiger charge is -2.30. The van der Waals surface area contributed by atoms with Gasteiger partial charge in [-0.2, -0.15) is 0 Å². The number of rotatable bonds is 11. The minimum absolute atomic E-state index is 0.114. The highest BCUT2D eigenvalue weighted by molar-refractivity contribution is 6.00. The summed E-state index contributed by atoms with van der Waals surface area (Å²) in [5.41, 5.74) is 9.27. The molecule has 0 spiro atoms. The molecular formula is C46H52N10O6. The molecule has 4 amide bonds. The van der Waals surface area contributed by atoms with E-state index in [1.165, 1.54) is 7.11 Å². The summed E-state index contributed by atoms with van der Waals surface area (Å²) in [5.74, 6) is 0.304. The number of aromatic nitrogens is 6. The molecule has 2 saturated heterocycles. The number of carbonyl (C=O) groups excluding carboxylic acids is 4. The molecule has 0 aliphatic carbocycles. The van der Waals surface area contributed by atoms with Gasteiger partial charge in [-0.1, -0.05) is 39.8 Å². The zero-order valence-corrected chi connectivity index (χ0v) is 35.5. The van der Waals surface area contributed by atoms with E-state index in [4.69, 9.17) is 14.7 Å². The van der Waals surface area contributed by atoms with Gasteiger partial charge >= 0.3 is 6.09 Å². The fourth-order valence-electron chi connectivity index (χ4n) is 9.20. The van der Waals surface area contributed by atoms with Crippen LogP contribution in [0.3, 0.4) is 0 Å². The number of hydrogen-bond donors (Lipinski definition) is 7. The van der Waals surface area contributed by atoms with Gasteiger partial charge in [-0.05, 0) is 86.1 Å². The second-order valence-electron chi connectivity index (χ2n) is 17.3. The van der Waals surface area contributed by atoms with Crippen molar-refractivity contribution in [3.8, 4) is 22.5 Å². The number of hydrogen-bond acceptors (Lipinski definition) is 8. The topological polar surface area (TPSA) is 217 Å². The van der Waals surface area contributed by atoms with Crippen molar-refractivity contribution in [3.05, 3.63) is 72.3 Å². The third-order valence-corrected chi connectivity index (χ3v) is 12.5. The summed E-state index contributed by atoms with van der Waals surface area (Å²) in [6.07, 6.45) is 2.57. The predicted octanol–water partition coefficient (Wildman–Crippen LogP) is 6.58. The average molecular weight is 841 g/mol. The first-order valence-corrected chi connectivity index (χ1v) is 21.4. The van der Waals surface area contributed by atoms with Crippen LogP contribution in [0.5, 0.6) is 0 Å². The molecule has 0 saturated carbocycles. The number of aromatic amines is 4. The van der Waals surface area contributed by atoms with Crippen LogP contribution in [0.2, 0.25) is 0 Å². The summed E-state index contributed by atoms with van der Waals surface area (Å²) in [4.78, 5) is 79.0. The Hall–Kier alpha value is -6.68. The maximum absolute atomic E-state index is 13.7. The number of benzene rings is 3. The monoisotopic (exact) mass is 840 g/mol. The van der Waals surface area contributed by atoms with Crippen LogP contribution in [0.1, 0.15) is 77.1 Å². The standard InChI is InChI=1S/C46H52N10O6/c1-23(2)40(53-39(58)22-57)44(59)55-14-6-8-37(55)42-49-29-12-10-25(17-35(29)51-42)31-19-27-16-28-20-32(48-34(28)21-33(27)47-31)26-11-13-30-36(18-26)52-43(50-30)38-9-7-15-56(38)45(60)41(24(3)4)54-46(61)62-5/h10-13,16-21,23-24,37-38,40-41,47-48,57H,6-9,14-15,22H2,1-5H3,(H,49,51)(H,50,52)(H,53,58)(H,54,61)/t37?,38?,40-,41+/m0/s1. The summed E-state index contributed by atoms with van der Waals surface area (Å²) in [6, 6.07) is 18.9. The third kappa shape index (κ3) is 7.52. The van der Waals surface area contributed by atoms with Crippen LogP contribution in [0.4, 0.5) is 4.79 Å². The summed E-state index contributed by atoms with van der Waals surface area (Å²) >= 11 is 0. The highest BCUT2D eigenvalue weighted by Gasteiger charge is 2.39. The van der Waals surface area contributed by atoms with Gasteiger partial charge in [0.25, 0.3) is 0 Å². The zero-order chi connectivity index (χ0) is 43.4. The number of H-pyrrole nitrogens is 4. The molecule has 322 valence electrons. The molecule has 9 rings (SSSR count). The van der Waals surface area contributed by atoms with Crippen LogP contribution < -0.4 is 10.6 Å². The fourth-order valence-corrected chi connectivity index (χ4v) is 9.20. The number of ether oxygens (including phenoxy) is 1. The van der Waals surface area contributed by atoms with E-state index in [-0.39, 0.29) is 35.7 Å². The minimum atomic E-state index is -0.731. The Kier molecular flexibility index (Phi) is 10.7. The van der Waals surface area contributed by atoms with Crippen molar-refractivity contribution in [1.29, 1.82) is 0 Å².